The number of piperazine rings is 1. The van der Waals surface area contributed by atoms with Crippen LogP contribution >= 0.6 is 11.6 Å². The molecule has 0 radical (unpaired) electrons. The molecule has 2 aliphatic heterocycles. The molecule has 2 aliphatic rings. The Hall–Kier alpha value is -4.09. The number of carbonyl (C=O) groups is 1. The molecule has 0 bridgehead atoms. The van der Waals surface area contributed by atoms with Gasteiger partial charge in [-0.25, -0.2) is 19.3 Å². The second kappa shape index (κ2) is 11.1. The number of hydrogen-bond donors (Lipinski definition) is 1. The number of methoxy groups -OCH3 is 1. The van der Waals surface area contributed by atoms with Crippen molar-refractivity contribution in [1.82, 2.24) is 24.8 Å². The number of amides is 1. The molecule has 1 N–H and O–H groups in total. The second-order valence-electron chi connectivity index (χ2n) is 12.0. The topological polar surface area (TPSA) is 105 Å². The lowest BCUT2D eigenvalue weighted by Crippen LogP contribution is -2.64. The fourth-order valence-corrected chi connectivity index (χ4v) is 6.57. The molecule has 4 aromatic rings. The number of halogens is 2. The van der Waals surface area contributed by atoms with Crippen LogP contribution in [0.3, 0.4) is 0 Å². The third-order valence-corrected chi connectivity index (χ3v) is 8.71. The van der Waals surface area contributed by atoms with Crippen LogP contribution in [0.15, 0.2) is 35.4 Å². The van der Waals surface area contributed by atoms with E-state index in [-0.39, 0.29) is 57.1 Å². The Kier molecular flexibility index (Phi) is 7.57. The number of nitrogens with one attached hydrogen (secondary N) is 1. The monoisotopic (exact) mass is 619 g/mol. The molecule has 1 saturated heterocycles. The number of benzene rings is 1. The third kappa shape index (κ3) is 4.52. The summed E-state index contributed by atoms with van der Waals surface area (Å²) in [6.07, 6.45) is 1.50. The molecular formula is C32H35ClFN7O3. The molecule has 12 heteroatoms. The quantitative estimate of drug-likeness (QED) is 0.332. The number of ether oxygens (including phenoxy) is 1. The molecule has 230 valence electrons. The summed E-state index contributed by atoms with van der Waals surface area (Å²) in [7, 11) is 3.07. The van der Waals surface area contributed by atoms with Gasteiger partial charge in [-0.05, 0) is 37.0 Å². The summed E-state index contributed by atoms with van der Waals surface area (Å²) in [5.41, 5.74) is 2.58. The molecule has 2 atom stereocenters. The van der Waals surface area contributed by atoms with Crippen molar-refractivity contribution in [3.05, 3.63) is 63.2 Å². The highest BCUT2D eigenvalue weighted by atomic mass is 35.5. The molecule has 1 amide bonds. The van der Waals surface area contributed by atoms with Crippen molar-refractivity contribution in [3.63, 3.8) is 0 Å². The van der Waals surface area contributed by atoms with Crippen LogP contribution in [0.25, 0.3) is 28.0 Å². The van der Waals surface area contributed by atoms with Gasteiger partial charge in [-0.15, -0.1) is 0 Å². The number of carbonyl (C=O) groups excluding carboxylic acids is 1. The normalized spacial score (nSPS) is 18.3. The smallest absolute Gasteiger partial charge is 0.283 e. The van der Waals surface area contributed by atoms with E-state index < -0.39 is 17.4 Å². The van der Waals surface area contributed by atoms with Crippen molar-refractivity contribution < 1.29 is 13.9 Å². The standard InChI is InChI=1S/C32H35ClFN7O3/c1-15(2)24-28(25(16(3)4)37-14-36-24)41-30-18(11-19(33)26(38-30)23-20(34)9-8-10-22(23)44-7)27-29(32(41)43)39(6)31(42)21-12-35-17(5)13-40(21)27/h8-11,14-17,21,35H,12-13H2,1-7H3/t17-,21-/m1/s1. The Bertz CT molecular complexity index is 1850. The highest BCUT2D eigenvalue weighted by molar-refractivity contribution is 6.34. The summed E-state index contributed by atoms with van der Waals surface area (Å²) in [6.45, 7) is 10.9. The lowest BCUT2D eigenvalue weighted by atomic mass is 9.98. The average Bonchev–Trinajstić information content (AvgIpc) is 2.99. The highest BCUT2D eigenvalue weighted by Gasteiger charge is 2.43. The summed E-state index contributed by atoms with van der Waals surface area (Å²) in [4.78, 5) is 46.2. The van der Waals surface area contributed by atoms with Gasteiger partial charge in [-0.1, -0.05) is 45.4 Å². The zero-order valence-corrected chi connectivity index (χ0v) is 26.5. The van der Waals surface area contributed by atoms with E-state index in [2.05, 4.69) is 15.3 Å². The number of hydrogen-bond acceptors (Lipinski definition) is 8. The average molecular weight is 620 g/mol. The van der Waals surface area contributed by atoms with Crippen molar-refractivity contribution in [1.29, 1.82) is 0 Å². The number of rotatable bonds is 5. The molecule has 0 unspecified atom stereocenters. The first-order valence-electron chi connectivity index (χ1n) is 14.7. The summed E-state index contributed by atoms with van der Waals surface area (Å²) in [5.74, 6) is -0.677. The Labute approximate surface area is 259 Å². The SMILES string of the molecule is COc1cccc(F)c1-c1nc2c(cc1Cl)c1c(c(=O)n2-c2c(C(C)C)ncnc2C(C)C)N(C)C(=O)[C@H]2CN[C@H](C)CN12. The highest BCUT2D eigenvalue weighted by Crippen LogP contribution is 2.44. The number of anilines is 2. The van der Waals surface area contributed by atoms with E-state index >= 15 is 4.39 Å². The number of aromatic nitrogens is 4. The van der Waals surface area contributed by atoms with Gasteiger partial charge in [-0.3, -0.25) is 14.2 Å². The van der Waals surface area contributed by atoms with Gasteiger partial charge < -0.3 is 19.9 Å². The maximum Gasteiger partial charge on any atom is 0.283 e. The molecular weight excluding hydrogens is 585 g/mol. The fourth-order valence-electron chi connectivity index (χ4n) is 6.33. The van der Waals surface area contributed by atoms with Crippen LogP contribution < -0.4 is 25.4 Å². The van der Waals surface area contributed by atoms with Gasteiger partial charge >= 0.3 is 0 Å². The first-order valence-corrected chi connectivity index (χ1v) is 15.1. The summed E-state index contributed by atoms with van der Waals surface area (Å²) in [5, 5.41) is 4.10. The van der Waals surface area contributed by atoms with E-state index in [0.29, 0.717) is 41.2 Å². The zero-order chi connectivity index (χ0) is 31.6. The van der Waals surface area contributed by atoms with Gasteiger partial charge in [0.05, 0.1) is 46.2 Å². The van der Waals surface area contributed by atoms with E-state index in [0.717, 1.165) is 0 Å². The second-order valence-corrected chi connectivity index (χ2v) is 12.4. The maximum absolute atomic E-state index is 15.5. The minimum atomic E-state index is -0.569. The summed E-state index contributed by atoms with van der Waals surface area (Å²) in [6, 6.07) is 5.73. The number of pyridine rings is 2. The molecule has 1 aromatic carbocycles. The van der Waals surface area contributed by atoms with Crippen LogP contribution in [0.5, 0.6) is 5.75 Å². The van der Waals surface area contributed by atoms with Crippen molar-refractivity contribution in [2.45, 2.75) is 58.5 Å². The van der Waals surface area contributed by atoms with Crippen LogP contribution in [0.4, 0.5) is 15.8 Å². The number of fused-ring (bicyclic) bond motifs is 5. The Balaban J connectivity index is 1.83. The van der Waals surface area contributed by atoms with Gasteiger partial charge in [0.25, 0.3) is 11.5 Å². The van der Waals surface area contributed by atoms with E-state index in [1.165, 1.54) is 29.0 Å². The van der Waals surface area contributed by atoms with E-state index in [4.69, 9.17) is 21.3 Å². The van der Waals surface area contributed by atoms with E-state index in [9.17, 15) is 9.59 Å². The van der Waals surface area contributed by atoms with Crippen LogP contribution in [0, 0.1) is 5.82 Å². The number of nitrogens with zero attached hydrogens (tertiary/aromatic N) is 6. The van der Waals surface area contributed by atoms with Gasteiger partial charge in [0.2, 0.25) is 0 Å². The molecule has 6 rings (SSSR count). The van der Waals surface area contributed by atoms with Crippen LogP contribution in [0.1, 0.15) is 57.8 Å². The molecule has 0 aliphatic carbocycles. The Morgan fingerprint density at radius 2 is 1.75 bits per heavy atom. The van der Waals surface area contributed by atoms with Gasteiger partial charge in [-0.2, -0.15) is 0 Å². The molecule has 5 heterocycles. The van der Waals surface area contributed by atoms with Gasteiger partial charge in [0.1, 0.15) is 29.6 Å². The third-order valence-electron chi connectivity index (χ3n) is 8.43. The molecule has 10 nitrogen and oxygen atoms in total. The minimum absolute atomic E-state index is 0.0563. The van der Waals surface area contributed by atoms with Crippen molar-refractivity contribution in [2.75, 3.05) is 37.0 Å². The Morgan fingerprint density at radius 1 is 1.07 bits per heavy atom. The zero-order valence-electron chi connectivity index (χ0n) is 25.8. The summed E-state index contributed by atoms with van der Waals surface area (Å²) >= 11 is 6.94. The molecule has 0 saturated carbocycles. The van der Waals surface area contributed by atoms with Crippen LogP contribution in [-0.2, 0) is 4.79 Å². The van der Waals surface area contributed by atoms with Gasteiger partial charge in [0, 0.05) is 31.6 Å². The first kappa shape index (κ1) is 30.0. The molecule has 0 spiro atoms. The molecule has 1 fully saturated rings. The van der Waals surface area contributed by atoms with Crippen molar-refractivity contribution in [2.24, 2.45) is 0 Å². The fraction of sp³-hybridized carbons (Fsp3) is 0.406. The number of likely N-dealkylation sites (N-methyl/N-ethyl adjacent to an activating group) is 1. The van der Waals surface area contributed by atoms with Crippen LogP contribution in [-0.4, -0.2) is 64.8 Å². The largest absolute Gasteiger partial charge is 0.496 e. The first-order chi connectivity index (χ1) is 21.0. The minimum Gasteiger partial charge on any atom is -0.496 e. The van der Waals surface area contributed by atoms with Crippen LogP contribution in [0.2, 0.25) is 5.02 Å². The molecule has 44 heavy (non-hydrogen) atoms. The lowest BCUT2D eigenvalue weighted by molar-refractivity contribution is -0.120. The Morgan fingerprint density at radius 3 is 2.39 bits per heavy atom. The molecule has 3 aromatic heterocycles. The maximum atomic E-state index is 15.5. The van der Waals surface area contributed by atoms with Crippen molar-refractivity contribution in [3.8, 4) is 22.7 Å². The van der Waals surface area contributed by atoms with Crippen molar-refractivity contribution >= 4 is 39.9 Å². The van der Waals surface area contributed by atoms with E-state index in [1.54, 1.807) is 25.2 Å². The predicted octanol–water partition coefficient (Wildman–Crippen LogP) is 5.03. The van der Waals surface area contributed by atoms with E-state index in [1.807, 2.05) is 39.5 Å². The lowest BCUT2D eigenvalue weighted by Gasteiger charge is -2.46. The summed E-state index contributed by atoms with van der Waals surface area (Å²) < 4.78 is 22.4. The predicted molar refractivity (Wildman–Crippen MR) is 170 cm³/mol. The van der Waals surface area contributed by atoms with Gasteiger partial charge in [0.15, 0.2) is 5.65 Å².